The summed E-state index contributed by atoms with van der Waals surface area (Å²) in [5, 5.41) is 3.54. The van der Waals surface area contributed by atoms with Crippen LogP contribution in [0.3, 0.4) is 0 Å². The highest BCUT2D eigenvalue weighted by molar-refractivity contribution is 7.99. The largest absolute Gasteiger partial charge is 0.378 e. The van der Waals surface area contributed by atoms with Crippen LogP contribution in [0.1, 0.15) is 29.4 Å². The SMILES string of the molecule is Cc1ccc(CN(C(=O)CSc2nc(C)cc(C)n2)C(C)C(=O)Nc2ccc(N3CCOCC3)cc2)cc1. The number of amides is 2. The van der Waals surface area contributed by atoms with Crippen molar-refractivity contribution < 1.29 is 14.3 Å². The maximum atomic E-state index is 13.4. The molecule has 1 fully saturated rings. The van der Waals surface area contributed by atoms with Gasteiger partial charge in [0.25, 0.3) is 0 Å². The second kappa shape index (κ2) is 12.9. The van der Waals surface area contributed by atoms with Crippen molar-refractivity contribution in [3.8, 4) is 0 Å². The number of hydrogen-bond donors (Lipinski definition) is 1. The third kappa shape index (κ3) is 7.55. The van der Waals surface area contributed by atoms with Gasteiger partial charge >= 0.3 is 0 Å². The first-order valence-electron chi connectivity index (χ1n) is 12.8. The first kappa shape index (κ1) is 27.6. The van der Waals surface area contributed by atoms with Crippen molar-refractivity contribution in [2.75, 3.05) is 42.3 Å². The Morgan fingerprint density at radius 2 is 1.63 bits per heavy atom. The van der Waals surface area contributed by atoms with E-state index in [4.69, 9.17) is 4.74 Å². The lowest BCUT2D eigenvalue weighted by Crippen LogP contribution is -2.46. The molecule has 2 amide bonds. The summed E-state index contributed by atoms with van der Waals surface area (Å²) in [4.78, 5) is 39.5. The van der Waals surface area contributed by atoms with E-state index in [0.717, 1.165) is 54.5 Å². The molecule has 0 saturated carbocycles. The van der Waals surface area contributed by atoms with Crippen LogP contribution in [-0.2, 0) is 20.9 Å². The van der Waals surface area contributed by atoms with Crippen molar-refractivity contribution in [3.05, 3.63) is 77.1 Å². The summed E-state index contributed by atoms with van der Waals surface area (Å²) in [6.45, 7) is 11.1. The number of rotatable bonds is 9. The fourth-order valence-corrected chi connectivity index (χ4v) is 5.10. The minimum atomic E-state index is -0.677. The number of aryl methyl sites for hydroxylation is 3. The molecule has 0 radical (unpaired) electrons. The predicted octanol–water partition coefficient (Wildman–Crippen LogP) is 4.39. The van der Waals surface area contributed by atoms with E-state index in [9.17, 15) is 9.59 Å². The van der Waals surface area contributed by atoms with Gasteiger partial charge in [0.05, 0.1) is 19.0 Å². The minimum absolute atomic E-state index is 0.140. The molecule has 1 N–H and O–H groups in total. The number of aromatic nitrogens is 2. The number of hydrogen-bond acceptors (Lipinski definition) is 7. The highest BCUT2D eigenvalue weighted by Crippen LogP contribution is 2.21. The Morgan fingerprint density at radius 1 is 1.00 bits per heavy atom. The zero-order valence-corrected chi connectivity index (χ0v) is 23.3. The van der Waals surface area contributed by atoms with E-state index in [1.807, 2.05) is 75.4 Å². The molecule has 1 aliphatic rings. The van der Waals surface area contributed by atoms with Gasteiger partial charge in [-0.15, -0.1) is 0 Å². The molecule has 0 spiro atoms. The summed E-state index contributed by atoms with van der Waals surface area (Å²) in [5.41, 5.74) is 5.61. The fourth-order valence-electron chi connectivity index (χ4n) is 4.26. The quantitative estimate of drug-likeness (QED) is 0.322. The number of carbonyl (C=O) groups is 2. The van der Waals surface area contributed by atoms with Crippen LogP contribution in [0.15, 0.2) is 59.8 Å². The molecular weight excluding hydrogens is 498 g/mol. The zero-order valence-electron chi connectivity index (χ0n) is 22.4. The van der Waals surface area contributed by atoms with Gasteiger partial charge in [0, 0.05) is 42.4 Å². The van der Waals surface area contributed by atoms with E-state index in [1.54, 1.807) is 11.8 Å². The molecule has 200 valence electrons. The van der Waals surface area contributed by atoms with Crippen LogP contribution in [-0.4, -0.2) is 64.8 Å². The van der Waals surface area contributed by atoms with Crippen LogP contribution in [0, 0.1) is 20.8 Å². The van der Waals surface area contributed by atoms with E-state index in [2.05, 4.69) is 20.2 Å². The summed E-state index contributed by atoms with van der Waals surface area (Å²) in [5.74, 6) is -0.249. The van der Waals surface area contributed by atoms with E-state index in [1.165, 1.54) is 11.8 Å². The van der Waals surface area contributed by atoms with Gasteiger partial charge in [0.1, 0.15) is 6.04 Å². The average molecular weight is 534 g/mol. The molecule has 2 heterocycles. The van der Waals surface area contributed by atoms with Gasteiger partial charge < -0.3 is 19.9 Å². The Bertz CT molecular complexity index is 1220. The Kier molecular flexibility index (Phi) is 9.36. The molecule has 9 heteroatoms. The molecule has 1 atom stereocenters. The highest BCUT2D eigenvalue weighted by atomic mass is 32.2. The molecule has 3 aromatic rings. The van der Waals surface area contributed by atoms with Gasteiger partial charge in [0.2, 0.25) is 11.8 Å². The third-order valence-corrected chi connectivity index (χ3v) is 7.27. The Labute approximate surface area is 228 Å². The fraction of sp³-hybridized carbons (Fsp3) is 0.379. The number of nitrogens with zero attached hydrogens (tertiary/aromatic N) is 4. The van der Waals surface area contributed by atoms with Crippen LogP contribution in [0.4, 0.5) is 11.4 Å². The number of nitrogens with one attached hydrogen (secondary N) is 1. The van der Waals surface area contributed by atoms with Crippen molar-refractivity contribution in [3.63, 3.8) is 0 Å². The monoisotopic (exact) mass is 533 g/mol. The number of carbonyl (C=O) groups excluding carboxylic acids is 2. The Balaban J connectivity index is 1.45. The van der Waals surface area contributed by atoms with Crippen molar-refractivity contribution >= 4 is 35.0 Å². The van der Waals surface area contributed by atoms with Gasteiger partial charge in [-0.05, 0) is 63.6 Å². The highest BCUT2D eigenvalue weighted by Gasteiger charge is 2.27. The molecular formula is C29H35N5O3S. The van der Waals surface area contributed by atoms with E-state index in [-0.39, 0.29) is 17.6 Å². The lowest BCUT2D eigenvalue weighted by Gasteiger charge is -2.29. The summed E-state index contributed by atoms with van der Waals surface area (Å²) < 4.78 is 5.43. The topological polar surface area (TPSA) is 87.7 Å². The van der Waals surface area contributed by atoms with Gasteiger partial charge in [-0.25, -0.2) is 9.97 Å². The van der Waals surface area contributed by atoms with E-state index in [0.29, 0.717) is 17.4 Å². The van der Waals surface area contributed by atoms with Gasteiger partial charge in [0.15, 0.2) is 5.16 Å². The second-order valence-electron chi connectivity index (χ2n) is 9.54. The standard InChI is InChI=1S/C29H35N5O3S/c1-20-5-7-24(8-6-20)18-34(27(35)19-38-29-30-21(2)17-22(3)31-29)23(4)28(36)32-25-9-11-26(12-10-25)33-13-15-37-16-14-33/h5-12,17,23H,13-16,18-19H2,1-4H3,(H,32,36). The van der Waals surface area contributed by atoms with Crippen molar-refractivity contribution in [2.24, 2.45) is 0 Å². The first-order chi connectivity index (χ1) is 18.3. The molecule has 1 aliphatic heterocycles. The number of anilines is 2. The molecule has 0 aliphatic carbocycles. The summed E-state index contributed by atoms with van der Waals surface area (Å²) in [7, 11) is 0. The third-order valence-electron chi connectivity index (χ3n) is 6.44. The van der Waals surface area contributed by atoms with Crippen LogP contribution >= 0.6 is 11.8 Å². The van der Waals surface area contributed by atoms with Crippen molar-refractivity contribution in [2.45, 2.75) is 45.4 Å². The summed E-state index contributed by atoms with van der Waals surface area (Å²) >= 11 is 1.29. The first-order valence-corrected chi connectivity index (χ1v) is 13.8. The second-order valence-corrected chi connectivity index (χ2v) is 10.5. The molecule has 1 unspecified atom stereocenters. The minimum Gasteiger partial charge on any atom is -0.378 e. The van der Waals surface area contributed by atoms with Gasteiger partial charge in [-0.1, -0.05) is 41.6 Å². The summed E-state index contributed by atoms with van der Waals surface area (Å²) in [6.07, 6.45) is 0. The maximum absolute atomic E-state index is 13.4. The van der Waals surface area contributed by atoms with Crippen LogP contribution in [0.2, 0.25) is 0 Å². The predicted molar refractivity (Wildman–Crippen MR) is 152 cm³/mol. The summed E-state index contributed by atoms with van der Waals surface area (Å²) in [6, 6.07) is 17.0. The molecule has 8 nitrogen and oxygen atoms in total. The van der Waals surface area contributed by atoms with E-state index < -0.39 is 6.04 Å². The van der Waals surface area contributed by atoms with Crippen LogP contribution < -0.4 is 10.2 Å². The molecule has 2 aromatic carbocycles. The maximum Gasteiger partial charge on any atom is 0.246 e. The Morgan fingerprint density at radius 3 is 2.26 bits per heavy atom. The number of thioether (sulfide) groups is 1. The van der Waals surface area contributed by atoms with Gasteiger partial charge in [-0.2, -0.15) is 0 Å². The average Bonchev–Trinajstić information content (AvgIpc) is 2.91. The lowest BCUT2D eigenvalue weighted by molar-refractivity contribution is -0.136. The van der Waals surface area contributed by atoms with E-state index >= 15 is 0 Å². The lowest BCUT2D eigenvalue weighted by atomic mass is 10.1. The van der Waals surface area contributed by atoms with Crippen molar-refractivity contribution in [1.82, 2.24) is 14.9 Å². The van der Waals surface area contributed by atoms with Crippen LogP contribution in [0.5, 0.6) is 0 Å². The number of morpholine rings is 1. The molecule has 0 bridgehead atoms. The smallest absolute Gasteiger partial charge is 0.246 e. The molecule has 1 saturated heterocycles. The van der Waals surface area contributed by atoms with Gasteiger partial charge in [-0.3, -0.25) is 9.59 Å². The number of benzene rings is 2. The molecule has 38 heavy (non-hydrogen) atoms. The van der Waals surface area contributed by atoms with Crippen molar-refractivity contribution in [1.29, 1.82) is 0 Å². The van der Waals surface area contributed by atoms with Crippen LogP contribution in [0.25, 0.3) is 0 Å². The zero-order chi connectivity index (χ0) is 27.1. The number of ether oxygens (including phenoxy) is 1. The normalized spacial score (nSPS) is 14.2. The Hall–Kier alpha value is -3.43. The molecule has 4 rings (SSSR count). The molecule has 1 aromatic heterocycles.